The first-order chi connectivity index (χ1) is 9.05. The van der Waals surface area contributed by atoms with Crippen LogP contribution in [0.5, 0.6) is 0 Å². The number of methoxy groups -OCH3 is 1. The Bertz CT molecular complexity index is 419. The first kappa shape index (κ1) is 14.7. The molecule has 2 rings (SSSR count). The van der Waals surface area contributed by atoms with Gasteiger partial charge in [0.05, 0.1) is 20.3 Å². The molecule has 2 saturated heterocycles. The molecule has 0 aromatic heterocycles. The molecule has 2 heterocycles. The van der Waals surface area contributed by atoms with Crippen LogP contribution in [0.25, 0.3) is 0 Å². The maximum atomic E-state index is 12.4. The molecule has 0 spiro atoms. The lowest BCUT2D eigenvalue weighted by molar-refractivity contribution is -0.157. The Hall–Kier alpha value is -0.700. The molecule has 0 aliphatic carbocycles. The molecule has 110 valence electrons. The second kappa shape index (κ2) is 6.17. The van der Waals surface area contributed by atoms with Gasteiger partial charge in [-0.3, -0.25) is 0 Å². The number of carbonyl (C=O) groups excluding carboxylic acids is 1. The van der Waals surface area contributed by atoms with E-state index in [4.69, 9.17) is 4.74 Å². The number of piperidine rings is 1. The van der Waals surface area contributed by atoms with E-state index in [0.717, 1.165) is 19.3 Å². The highest BCUT2D eigenvalue weighted by Crippen LogP contribution is 2.19. The van der Waals surface area contributed by atoms with Gasteiger partial charge in [-0.05, 0) is 12.8 Å². The zero-order valence-electron chi connectivity index (χ0n) is 11.1. The summed E-state index contributed by atoms with van der Waals surface area (Å²) in [6, 6.07) is 0. The van der Waals surface area contributed by atoms with Crippen molar-refractivity contribution in [1.29, 1.82) is 0 Å². The molecule has 2 aliphatic rings. The summed E-state index contributed by atoms with van der Waals surface area (Å²) in [5.74, 6) is -0.529. The minimum Gasteiger partial charge on any atom is -0.467 e. The van der Waals surface area contributed by atoms with Crippen molar-refractivity contribution in [3.8, 4) is 0 Å². The second-order valence-corrected chi connectivity index (χ2v) is 6.64. The average molecular weight is 292 g/mol. The topological polar surface area (TPSA) is 76.2 Å². The van der Waals surface area contributed by atoms with Gasteiger partial charge in [-0.2, -0.15) is 17.0 Å². The number of hydrogen-bond donors (Lipinski definition) is 0. The normalized spacial score (nSPS) is 27.1. The maximum absolute atomic E-state index is 12.4. The number of morpholine rings is 1. The molecule has 0 amide bonds. The number of hydrogen-bond acceptors (Lipinski definition) is 5. The van der Waals surface area contributed by atoms with E-state index >= 15 is 0 Å². The van der Waals surface area contributed by atoms with Crippen molar-refractivity contribution in [1.82, 2.24) is 8.61 Å². The summed E-state index contributed by atoms with van der Waals surface area (Å²) in [5.41, 5.74) is 0. The molecule has 19 heavy (non-hydrogen) atoms. The molecular formula is C11H20N2O5S. The number of ether oxygens (including phenoxy) is 2. The van der Waals surface area contributed by atoms with E-state index in [9.17, 15) is 13.2 Å². The SMILES string of the molecule is COC(=O)C1CN(S(=O)(=O)N2CCCCC2)CCO1. The molecule has 8 heteroatoms. The molecule has 0 saturated carbocycles. The summed E-state index contributed by atoms with van der Waals surface area (Å²) >= 11 is 0. The first-order valence-corrected chi connectivity index (χ1v) is 7.90. The van der Waals surface area contributed by atoms with E-state index in [0.29, 0.717) is 13.1 Å². The molecule has 7 nitrogen and oxygen atoms in total. The van der Waals surface area contributed by atoms with Crippen LogP contribution in [0.2, 0.25) is 0 Å². The van der Waals surface area contributed by atoms with Crippen LogP contribution < -0.4 is 0 Å². The number of rotatable bonds is 3. The van der Waals surface area contributed by atoms with Crippen molar-refractivity contribution >= 4 is 16.2 Å². The molecule has 0 aromatic rings. The minimum absolute atomic E-state index is 0.0332. The van der Waals surface area contributed by atoms with Gasteiger partial charge in [0.1, 0.15) is 0 Å². The van der Waals surface area contributed by atoms with Gasteiger partial charge in [0.15, 0.2) is 6.10 Å². The Balaban J connectivity index is 2.05. The van der Waals surface area contributed by atoms with Crippen molar-refractivity contribution < 1.29 is 22.7 Å². The molecule has 0 radical (unpaired) electrons. The van der Waals surface area contributed by atoms with E-state index in [2.05, 4.69) is 4.74 Å². The van der Waals surface area contributed by atoms with Crippen LogP contribution in [0, 0.1) is 0 Å². The molecule has 0 aromatic carbocycles. The average Bonchev–Trinajstić information content (AvgIpc) is 2.47. The van der Waals surface area contributed by atoms with E-state index in [1.807, 2.05) is 0 Å². The number of carbonyl (C=O) groups is 1. The third-order valence-corrected chi connectivity index (χ3v) is 5.46. The summed E-state index contributed by atoms with van der Waals surface area (Å²) < 4.78 is 37.5. The van der Waals surface area contributed by atoms with Gasteiger partial charge in [-0.1, -0.05) is 6.42 Å². The second-order valence-electron chi connectivity index (χ2n) is 4.71. The van der Waals surface area contributed by atoms with Crippen molar-refractivity contribution in [2.45, 2.75) is 25.4 Å². The third kappa shape index (κ3) is 3.25. The van der Waals surface area contributed by atoms with Gasteiger partial charge in [-0.15, -0.1) is 0 Å². The van der Waals surface area contributed by atoms with Crippen LogP contribution in [-0.4, -0.2) is 69.0 Å². The van der Waals surface area contributed by atoms with Gasteiger partial charge >= 0.3 is 5.97 Å². The van der Waals surface area contributed by atoms with E-state index in [-0.39, 0.29) is 19.7 Å². The van der Waals surface area contributed by atoms with Crippen LogP contribution >= 0.6 is 0 Å². The lowest BCUT2D eigenvalue weighted by Gasteiger charge is -2.35. The molecule has 0 N–H and O–H groups in total. The van der Waals surface area contributed by atoms with Gasteiger partial charge in [0.2, 0.25) is 0 Å². The molecular weight excluding hydrogens is 272 g/mol. The molecule has 1 atom stereocenters. The highest BCUT2D eigenvalue weighted by molar-refractivity contribution is 7.86. The van der Waals surface area contributed by atoms with E-state index in [1.54, 1.807) is 0 Å². The predicted molar refractivity (Wildman–Crippen MR) is 67.7 cm³/mol. The summed E-state index contributed by atoms with van der Waals surface area (Å²) in [4.78, 5) is 11.4. The Labute approximate surface area is 113 Å². The Kier molecular flexibility index (Phi) is 4.77. The van der Waals surface area contributed by atoms with Crippen LogP contribution in [0.4, 0.5) is 0 Å². The smallest absolute Gasteiger partial charge is 0.336 e. The van der Waals surface area contributed by atoms with Crippen molar-refractivity contribution in [2.24, 2.45) is 0 Å². The zero-order chi connectivity index (χ0) is 13.9. The zero-order valence-corrected chi connectivity index (χ0v) is 11.9. The van der Waals surface area contributed by atoms with Crippen molar-refractivity contribution in [3.63, 3.8) is 0 Å². The van der Waals surface area contributed by atoms with Gasteiger partial charge in [-0.25, -0.2) is 4.79 Å². The summed E-state index contributed by atoms with van der Waals surface area (Å²) in [6.07, 6.45) is 2.03. The quantitative estimate of drug-likeness (QED) is 0.661. The molecule has 1 unspecified atom stereocenters. The summed E-state index contributed by atoms with van der Waals surface area (Å²) in [5, 5.41) is 0. The maximum Gasteiger partial charge on any atom is 0.336 e. The number of esters is 1. The van der Waals surface area contributed by atoms with Crippen LogP contribution in [0.3, 0.4) is 0 Å². The Morgan fingerprint density at radius 3 is 2.47 bits per heavy atom. The lowest BCUT2D eigenvalue weighted by Crippen LogP contribution is -2.54. The Morgan fingerprint density at radius 1 is 1.16 bits per heavy atom. The summed E-state index contributed by atoms with van der Waals surface area (Å²) in [6.45, 7) is 1.65. The lowest BCUT2D eigenvalue weighted by atomic mass is 10.2. The van der Waals surface area contributed by atoms with Crippen LogP contribution in [-0.2, 0) is 24.5 Å². The van der Waals surface area contributed by atoms with Crippen LogP contribution in [0.1, 0.15) is 19.3 Å². The molecule has 0 bridgehead atoms. The first-order valence-electron chi connectivity index (χ1n) is 6.50. The van der Waals surface area contributed by atoms with Gasteiger partial charge in [0, 0.05) is 19.6 Å². The fourth-order valence-electron chi connectivity index (χ4n) is 2.37. The fourth-order valence-corrected chi connectivity index (χ4v) is 4.04. The van der Waals surface area contributed by atoms with E-state index < -0.39 is 22.3 Å². The Morgan fingerprint density at radius 2 is 1.84 bits per heavy atom. The number of nitrogens with zero attached hydrogens (tertiary/aromatic N) is 2. The standard InChI is InChI=1S/C11H20N2O5S/c1-17-11(14)10-9-13(7-8-18-10)19(15,16)12-5-3-2-4-6-12/h10H,2-9H2,1H3. The highest BCUT2D eigenvalue weighted by Gasteiger charge is 2.37. The van der Waals surface area contributed by atoms with E-state index in [1.165, 1.54) is 15.7 Å². The highest BCUT2D eigenvalue weighted by atomic mass is 32.2. The summed E-state index contributed by atoms with van der Waals surface area (Å²) in [7, 11) is -2.21. The van der Waals surface area contributed by atoms with Gasteiger partial charge in [0.25, 0.3) is 10.2 Å². The largest absolute Gasteiger partial charge is 0.467 e. The van der Waals surface area contributed by atoms with Crippen LogP contribution in [0.15, 0.2) is 0 Å². The monoisotopic (exact) mass is 292 g/mol. The minimum atomic E-state index is -3.48. The van der Waals surface area contributed by atoms with Crippen molar-refractivity contribution in [3.05, 3.63) is 0 Å². The fraction of sp³-hybridized carbons (Fsp3) is 0.909. The predicted octanol–water partition coefficient (Wildman–Crippen LogP) is -0.409. The van der Waals surface area contributed by atoms with Crippen molar-refractivity contribution in [2.75, 3.05) is 39.9 Å². The molecule has 2 aliphatic heterocycles. The third-order valence-electron chi connectivity index (χ3n) is 3.46. The van der Waals surface area contributed by atoms with Gasteiger partial charge < -0.3 is 9.47 Å². The molecule has 2 fully saturated rings.